The van der Waals surface area contributed by atoms with Crippen molar-refractivity contribution in [3.63, 3.8) is 0 Å². The van der Waals surface area contributed by atoms with Crippen LogP contribution in [0, 0.1) is 0 Å². The Kier molecular flexibility index (Phi) is 4.82. The van der Waals surface area contributed by atoms with Gasteiger partial charge in [0.05, 0.1) is 10.4 Å². The van der Waals surface area contributed by atoms with Crippen LogP contribution in [0.15, 0.2) is 89.8 Å². The number of aromatic carboxylic acids is 1. The zero-order chi connectivity index (χ0) is 20.4. The summed E-state index contributed by atoms with van der Waals surface area (Å²) in [7, 11) is -4.07. The number of carboxylic acids is 1. The zero-order valence-corrected chi connectivity index (χ0v) is 16.0. The lowest BCUT2D eigenvalue weighted by atomic mass is 10.2. The van der Waals surface area contributed by atoms with Crippen molar-refractivity contribution in [1.29, 1.82) is 0 Å². The smallest absolute Gasteiger partial charge is 0.353 e. The van der Waals surface area contributed by atoms with E-state index >= 15 is 0 Å². The predicted octanol–water partition coefficient (Wildman–Crippen LogP) is 4.16. The maximum atomic E-state index is 13.1. The summed E-state index contributed by atoms with van der Waals surface area (Å²) in [6.07, 6.45) is 0. The average molecular weight is 407 g/mol. The molecule has 146 valence electrons. The highest BCUT2D eigenvalue weighted by Gasteiger charge is 2.26. The van der Waals surface area contributed by atoms with E-state index in [1.807, 2.05) is 30.3 Å². The lowest BCUT2D eigenvalue weighted by molar-refractivity contribution is 0.0689. The van der Waals surface area contributed by atoms with Crippen LogP contribution in [0.1, 0.15) is 16.1 Å². The van der Waals surface area contributed by atoms with Gasteiger partial charge < -0.3 is 9.84 Å². The first-order chi connectivity index (χ1) is 14.0. The Morgan fingerprint density at radius 2 is 1.55 bits per heavy atom. The molecule has 0 spiro atoms. The van der Waals surface area contributed by atoms with Crippen LogP contribution < -0.4 is 4.74 Å². The van der Waals surface area contributed by atoms with Crippen LogP contribution in [0.2, 0.25) is 0 Å². The molecule has 6 nitrogen and oxygen atoms in total. The number of carbonyl (C=O) groups is 1. The van der Waals surface area contributed by atoms with Gasteiger partial charge in [-0.2, -0.15) is 0 Å². The molecule has 0 amide bonds. The Hall–Kier alpha value is -3.58. The maximum Gasteiger partial charge on any atom is 0.353 e. The summed E-state index contributed by atoms with van der Waals surface area (Å²) < 4.78 is 32.8. The Morgan fingerprint density at radius 3 is 2.21 bits per heavy atom. The van der Waals surface area contributed by atoms with Crippen molar-refractivity contribution in [3.05, 3.63) is 96.2 Å². The second-order valence-corrected chi connectivity index (χ2v) is 8.20. The van der Waals surface area contributed by atoms with Gasteiger partial charge in [0.25, 0.3) is 10.0 Å². The summed E-state index contributed by atoms with van der Waals surface area (Å²) in [4.78, 5) is 11.8. The number of aromatic nitrogens is 1. The number of hydrogen-bond donors (Lipinski definition) is 1. The van der Waals surface area contributed by atoms with E-state index in [0.717, 1.165) is 9.54 Å². The second kappa shape index (κ2) is 7.44. The highest BCUT2D eigenvalue weighted by Crippen LogP contribution is 2.29. The third kappa shape index (κ3) is 3.60. The van der Waals surface area contributed by atoms with Gasteiger partial charge in [-0.3, -0.25) is 0 Å². The topological polar surface area (TPSA) is 85.6 Å². The molecule has 4 rings (SSSR count). The molecule has 0 aliphatic rings. The Balaban J connectivity index is 1.77. The summed E-state index contributed by atoms with van der Waals surface area (Å²) in [6.45, 7) is 0.348. The summed E-state index contributed by atoms with van der Waals surface area (Å²) in [5.41, 5.74) is 0.936. The highest BCUT2D eigenvalue weighted by atomic mass is 32.2. The molecule has 1 N–H and O–H groups in total. The molecule has 0 atom stereocenters. The van der Waals surface area contributed by atoms with Crippen LogP contribution in [0.25, 0.3) is 10.9 Å². The van der Waals surface area contributed by atoms with E-state index in [0.29, 0.717) is 17.7 Å². The molecule has 4 aromatic rings. The van der Waals surface area contributed by atoms with Crippen LogP contribution in [0.5, 0.6) is 5.75 Å². The van der Waals surface area contributed by atoms with Gasteiger partial charge in [0.15, 0.2) is 0 Å². The predicted molar refractivity (Wildman–Crippen MR) is 109 cm³/mol. The molecule has 0 saturated heterocycles. The number of benzene rings is 3. The largest absolute Gasteiger partial charge is 0.489 e. The average Bonchev–Trinajstić information content (AvgIpc) is 3.14. The third-order valence-electron chi connectivity index (χ3n) is 4.48. The molecule has 1 aromatic heterocycles. The summed E-state index contributed by atoms with van der Waals surface area (Å²) in [5.74, 6) is -0.806. The SMILES string of the molecule is O=C(O)c1cc2cc(OCc3ccccc3)ccc2n1S(=O)(=O)c1ccccc1. The van der Waals surface area contributed by atoms with Gasteiger partial charge in [0.2, 0.25) is 0 Å². The van der Waals surface area contributed by atoms with Crippen molar-refractivity contribution in [2.75, 3.05) is 0 Å². The first-order valence-electron chi connectivity index (χ1n) is 8.83. The molecule has 0 unspecified atom stereocenters. The number of hydrogen-bond acceptors (Lipinski definition) is 4. The molecule has 0 bridgehead atoms. The van der Waals surface area contributed by atoms with E-state index in [9.17, 15) is 18.3 Å². The molecule has 0 aliphatic carbocycles. The molecule has 0 radical (unpaired) electrons. The second-order valence-electron chi connectivity index (χ2n) is 6.41. The zero-order valence-electron chi connectivity index (χ0n) is 15.2. The molecule has 0 aliphatic heterocycles. The van der Waals surface area contributed by atoms with Gasteiger partial charge >= 0.3 is 5.97 Å². The molecule has 1 heterocycles. The first kappa shape index (κ1) is 18.8. The minimum Gasteiger partial charge on any atom is -0.489 e. The number of fused-ring (bicyclic) bond motifs is 1. The number of carboxylic acid groups (broad SMARTS) is 1. The normalized spacial score (nSPS) is 11.4. The standard InChI is InChI=1S/C22H17NO5S/c24-22(25)21-14-17-13-18(28-15-16-7-3-1-4-8-16)11-12-20(17)23(21)29(26,27)19-9-5-2-6-10-19/h1-14H,15H2,(H,24,25). The monoisotopic (exact) mass is 407 g/mol. The Bertz CT molecular complexity index is 1280. The van der Waals surface area contributed by atoms with Crippen LogP contribution in [-0.4, -0.2) is 23.5 Å². The van der Waals surface area contributed by atoms with Gasteiger partial charge in [-0.05, 0) is 42.0 Å². The van der Waals surface area contributed by atoms with E-state index in [1.165, 1.54) is 18.2 Å². The summed E-state index contributed by atoms with van der Waals surface area (Å²) in [6, 6.07) is 23.5. The molecule has 0 fully saturated rings. The van der Waals surface area contributed by atoms with Gasteiger partial charge in [-0.1, -0.05) is 48.5 Å². The fraction of sp³-hybridized carbons (Fsp3) is 0.0455. The van der Waals surface area contributed by atoms with Crippen LogP contribution >= 0.6 is 0 Å². The van der Waals surface area contributed by atoms with E-state index in [-0.39, 0.29) is 16.1 Å². The lowest BCUT2D eigenvalue weighted by Crippen LogP contribution is -2.18. The fourth-order valence-corrected chi connectivity index (χ4v) is 4.63. The molecular formula is C22H17NO5S. The van der Waals surface area contributed by atoms with Crippen molar-refractivity contribution < 1.29 is 23.1 Å². The molecular weight excluding hydrogens is 390 g/mol. The van der Waals surface area contributed by atoms with E-state index in [4.69, 9.17) is 4.74 Å². The van der Waals surface area contributed by atoms with Crippen molar-refractivity contribution in [2.24, 2.45) is 0 Å². The quantitative estimate of drug-likeness (QED) is 0.519. The van der Waals surface area contributed by atoms with E-state index in [1.54, 1.807) is 36.4 Å². The van der Waals surface area contributed by atoms with Crippen LogP contribution in [0.3, 0.4) is 0 Å². The number of ether oxygens (including phenoxy) is 1. The third-order valence-corrected chi connectivity index (χ3v) is 6.22. The number of nitrogens with zero attached hydrogens (tertiary/aromatic N) is 1. The Morgan fingerprint density at radius 1 is 0.897 bits per heavy atom. The van der Waals surface area contributed by atoms with Crippen molar-refractivity contribution in [2.45, 2.75) is 11.5 Å². The van der Waals surface area contributed by atoms with Crippen LogP contribution in [0.4, 0.5) is 0 Å². The van der Waals surface area contributed by atoms with Gasteiger partial charge in [-0.25, -0.2) is 17.2 Å². The van der Waals surface area contributed by atoms with Gasteiger partial charge in [0, 0.05) is 5.39 Å². The van der Waals surface area contributed by atoms with Crippen molar-refractivity contribution in [3.8, 4) is 5.75 Å². The molecule has 0 saturated carbocycles. The minimum atomic E-state index is -4.07. The van der Waals surface area contributed by atoms with Gasteiger partial charge in [0.1, 0.15) is 18.1 Å². The molecule has 29 heavy (non-hydrogen) atoms. The molecule has 7 heteroatoms. The minimum absolute atomic E-state index is 0.0180. The van der Waals surface area contributed by atoms with Gasteiger partial charge in [-0.15, -0.1) is 0 Å². The van der Waals surface area contributed by atoms with Crippen LogP contribution in [-0.2, 0) is 16.6 Å². The fourth-order valence-electron chi connectivity index (χ4n) is 3.10. The lowest BCUT2D eigenvalue weighted by Gasteiger charge is -2.10. The van der Waals surface area contributed by atoms with E-state index in [2.05, 4.69) is 0 Å². The number of rotatable bonds is 6. The van der Waals surface area contributed by atoms with E-state index < -0.39 is 16.0 Å². The first-order valence-corrected chi connectivity index (χ1v) is 10.3. The Labute approximate surface area is 167 Å². The van der Waals surface area contributed by atoms with Crippen molar-refractivity contribution >= 4 is 26.9 Å². The molecule has 3 aromatic carbocycles. The maximum absolute atomic E-state index is 13.1. The van der Waals surface area contributed by atoms with Crippen molar-refractivity contribution in [1.82, 2.24) is 3.97 Å². The summed E-state index contributed by atoms with van der Waals surface area (Å²) in [5, 5.41) is 10.0. The summed E-state index contributed by atoms with van der Waals surface area (Å²) >= 11 is 0. The highest BCUT2D eigenvalue weighted by molar-refractivity contribution is 7.90.